The lowest BCUT2D eigenvalue weighted by atomic mass is 9.87. The molecular weight excluding hydrogens is 430 g/mol. The smallest absolute Gasteiger partial charge is 0.319 e. The highest BCUT2D eigenvalue weighted by molar-refractivity contribution is 7.92. The van der Waals surface area contributed by atoms with Crippen LogP contribution >= 0.6 is 0 Å². The Hall–Kier alpha value is -3.20. The topological polar surface area (TPSA) is 104 Å². The zero-order valence-electron chi connectivity index (χ0n) is 18.2. The molecule has 4 rings (SSSR count). The number of anilines is 1. The second-order valence-electron chi connectivity index (χ2n) is 8.32. The summed E-state index contributed by atoms with van der Waals surface area (Å²) in [6, 6.07) is 12.9. The van der Waals surface area contributed by atoms with Crippen molar-refractivity contribution in [3.63, 3.8) is 0 Å². The van der Waals surface area contributed by atoms with Crippen LogP contribution in [0.1, 0.15) is 41.8 Å². The largest absolute Gasteiger partial charge is 0.325 e. The summed E-state index contributed by atoms with van der Waals surface area (Å²) in [4.78, 5) is 39.8. The summed E-state index contributed by atoms with van der Waals surface area (Å²) in [5, 5.41) is 2.77. The van der Waals surface area contributed by atoms with Crippen molar-refractivity contribution in [3.8, 4) is 0 Å². The van der Waals surface area contributed by atoms with Gasteiger partial charge in [-0.15, -0.1) is 0 Å². The molecule has 0 unspecified atom stereocenters. The van der Waals surface area contributed by atoms with Crippen LogP contribution in [0.2, 0.25) is 0 Å². The first-order chi connectivity index (χ1) is 15.1. The molecule has 2 aromatic carbocycles. The summed E-state index contributed by atoms with van der Waals surface area (Å²) in [5.41, 5.74) is 1.12. The Balaban J connectivity index is 1.58. The van der Waals surface area contributed by atoms with E-state index in [2.05, 4.69) is 5.32 Å². The minimum absolute atomic E-state index is 0.243. The molecule has 2 aliphatic heterocycles. The fourth-order valence-corrected chi connectivity index (χ4v) is 5.91. The van der Waals surface area contributed by atoms with Gasteiger partial charge >= 0.3 is 6.03 Å². The molecule has 1 saturated heterocycles. The molecule has 1 N–H and O–H groups in total. The lowest BCUT2D eigenvalue weighted by molar-refractivity contribution is -0.131. The predicted molar refractivity (Wildman–Crippen MR) is 120 cm³/mol. The highest BCUT2D eigenvalue weighted by atomic mass is 32.2. The van der Waals surface area contributed by atoms with Crippen molar-refractivity contribution >= 4 is 33.4 Å². The van der Waals surface area contributed by atoms with E-state index in [0.29, 0.717) is 29.7 Å². The third-order valence-corrected chi connectivity index (χ3v) is 7.46. The van der Waals surface area contributed by atoms with Crippen LogP contribution < -0.4 is 9.62 Å². The van der Waals surface area contributed by atoms with Crippen LogP contribution in [0.5, 0.6) is 0 Å². The number of carbonyl (C=O) groups is 3. The number of carbonyl (C=O) groups excluding carboxylic acids is 3. The Bertz CT molecular complexity index is 1210. The number of nitrogens with one attached hydrogen (secondary N) is 1. The van der Waals surface area contributed by atoms with E-state index in [1.807, 2.05) is 19.9 Å². The molecule has 0 radical (unpaired) electrons. The van der Waals surface area contributed by atoms with Crippen LogP contribution in [0.25, 0.3) is 0 Å². The van der Waals surface area contributed by atoms with Gasteiger partial charge in [-0.25, -0.2) is 13.2 Å². The zero-order chi connectivity index (χ0) is 23.3. The van der Waals surface area contributed by atoms with Crippen molar-refractivity contribution in [2.45, 2.75) is 38.3 Å². The van der Waals surface area contributed by atoms with Crippen molar-refractivity contribution in [1.82, 2.24) is 10.2 Å². The van der Waals surface area contributed by atoms with Gasteiger partial charge in [-0.05, 0) is 49.1 Å². The van der Waals surface area contributed by atoms with E-state index in [9.17, 15) is 22.8 Å². The molecule has 2 heterocycles. The molecule has 3 amide bonds. The number of benzene rings is 2. The fourth-order valence-electron chi connectivity index (χ4n) is 4.65. The predicted octanol–water partition coefficient (Wildman–Crippen LogP) is 2.44. The van der Waals surface area contributed by atoms with Crippen LogP contribution in [0.3, 0.4) is 0 Å². The quantitative estimate of drug-likeness (QED) is 0.532. The monoisotopic (exact) mass is 455 g/mol. The van der Waals surface area contributed by atoms with Gasteiger partial charge in [0.1, 0.15) is 5.54 Å². The summed E-state index contributed by atoms with van der Waals surface area (Å²) >= 11 is 0. The average Bonchev–Trinajstić information content (AvgIpc) is 3.22. The number of hydrogen-bond donors (Lipinski definition) is 1. The molecule has 2 aliphatic rings. The number of sulfonamides is 1. The van der Waals surface area contributed by atoms with Crippen LogP contribution in [0.4, 0.5) is 10.5 Å². The van der Waals surface area contributed by atoms with Crippen molar-refractivity contribution < 1.29 is 22.8 Å². The van der Waals surface area contributed by atoms with E-state index < -0.39 is 27.5 Å². The molecule has 168 valence electrons. The number of hydrogen-bond acceptors (Lipinski definition) is 5. The van der Waals surface area contributed by atoms with Crippen molar-refractivity contribution in [2.75, 3.05) is 17.1 Å². The Morgan fingerprint density at radius 2 is 1.84 bits per heavy atom. The van der Waals surface area contributed by atoms with Crippen LogP contribution in [0, 0.1) is 0 Å². The molecule has 1 fully saturated rings. The molecule has 0 aromatic heterocycles. The highest BCUT2D eigenvalue weighted by Gasteiger charge is 2.51. The molecule has 0 spiro atoms. The number of urea groups is 1. The molecule has 0 saturated carbocycles. The van der Waals surface area contributed by atoms with Gasteiger partial charge in [0.05, 0.1) is 18.5 Å². The summed E-state index contributed by atoms with van der Waals surface area (Å²) in [7, 11) is -3.43. The third kappa shape index (κ3) is 3.46. The lowest BCUT2D eigenvalue weighted by Gasteiger charge is -2.25. The molecule has 9 heteroatoms. The Morgan fingerprint density at radius 1 is 1.16 bits per heavy atom. The second-order valence-corrected chi connectivity index (χ2v) is 10.2. The first-order valence-electron chi connectivity index (χ1n) is 10.4. The minimum Gasteiger partial charge on any atom is -0.319 e. The normalized spacial score (nSPS) is 22.8. The number of Topliss-reactive ketones (excluding diaryl/α,β-unsaturated/α-hetero) is 1. The van der Waals surface area contributed by atoms with Crippen LogP contribution in [-0.4, -0.2) is 49.9 Å². The maximum absolute atomic E-state index is 13.2. The third-order valence-electron chi connectivity index (χ3n) is 6.19. The Kier molecular flexibility index (Phi) is 5.32. The number of nitrogens with zero attached hydrogens (tertiary/aromatic N) is 2. The van der Waals surface area contributed by atoms with E-state index in [0.717, 1.165) is 16.7 Å². The molecule has 2 aromatic rings. The number of fused-ring (bicyclic) bond motifs is 1. The maximum Gasteiger partial charge on any atom is 0.325 e. The number of rotatable bonds is 6. The standard InChI is InChI=1S/C23H25N3O5S/c1-4-23(18-8-6-5-7-9-18)21(28)25(22(29)24-23)14-20(27)16-10-11-19-17(13-16)12-15(2)26(19)32(3,30)31/h5-11,13,15H,4,12,14H2,1-3H3,(H,24,29)/t15-,23+/m1/s1. The molecule has 2 atom stereocenters. The number of imide groups is 1. The van der Waals surface area contributed by atoms with Gasteiger partial charge in [0, 0.05) is 11.6 Å². The minimum atomic E-state index is -3.43. The fraction of sp³-hybridized carbons (Fsp3) is 0.348. The Morgan fingerprint density at radius 3 is 2.47 bits per heavy atom. The first kappa shape index (κ1) is 22.0. The lowest BCUT2D eigenvalue weighted by Crippen LogP contribution is -2.43. The zero-order valence-corrected chi connectivity index (χ0v) is 19.0. The van der Waals surface area contributed by atoms with Crippen LogP contribution in [0.15, 0.2) is 48.5 Å². The summed E-state index contributed by atoms with van der Waals surface area (Å²) in [6.07, 6.45) is 1.99. The van der Waals surface area contributed by atoms with Crippen LogP contribution in [-0.2, 0) is 26.8 Å². The van der Waals surface area contributed by atoms with E-state index in [-0.39, 0.29) is 18.4 Å². The SMILES string of the molecule is CC[C@@]1(c2ccccc2)NC(=O)N(CC(=O)c2ccc3c(c2)C[C@@H](C)N3S(C)(=O)=O)C1=O. The van der Waals surface area contributed by atoms with Gasteiger partial charge in [-0.3, -0.25) is 18.8 Å². The second kappa shape index (κ2) is 7.74. The number of amides is 3. The van der Waals surface area contributed by atoms with E-state index in [1.165, 1.54) is 4.31 Å². The molecule has 32 heavy (non-hydrogen) atoms. The van der Waals surface area contributed by atoms with E-state index in [4.69, 9.17) is 0 Å². The van der Waals surface area contributed by atoms with Gasteiger partial charge in [-0.2, -0.15) is 0 Å². The van der Waals surface area contributed by atoms with Gasteiger partial charge in [0.15, 0.2) is 5.78 Å². The van der Waals surface area contributed by atoms with E-state index >= 15 is 0 Å². The van der Waals surface area contributed by atoms with Crippen molar-refractivity contribution in [2.24, 2.45) is 0 Å². The molecule has 0 aliphatic carbocycles. The molecular formula is C23H25N3O5S. The first-order valence-corrected chi connectivity index (χ1v) is 12.3. The van der Waals surface area contributed by atoms with Crippen molar-refractivity contribution in [1.29, 1.82) is 0 Å². The summed E-state index contributed by atoms with van der Waals surface area (Å²) < 4.78 is 25.6. The summed E-state index contributed by atoms with van der Waals surface area (Å²) in [5.74, 6) is -0.843. The Labute approximate surface area is 187 Å². The highest BCUT2D eigenvalue weighted by Crippen LogP contribution is 2.35. The average molecular weight is 456 g/mol. The number of ketones is 1. The van der Waals surface area contributed by atoms with E-state index in [1.54, 1.807) is 42.5 Å². The molecule has 8 nitrogen and oxygen atoms in total. The van der Waals surface area contributed by atoms with Gasteiger partial charge in [-0.1, -0.05) is 37.3 Å². The van der Waals surface area contributed by atoms with Gasteiger partial charge < -0.3 is 5.32 Å². The molecule has 0 bridgehead atoms. The maximum atomic E-state index is 13.2. The summed E-state index contributed by atoms with van der Waals surface area (Å²) in [6.45, 7) is 3.23. The van der Waals surface area contributed by atoms with Gasteiger partial charge in [0.25, 0.3) is 5.91 Å². The van der Waals surface area contributed by atoms with Gasteiger partial charge in [0.2, 0.25) is 10.0 Å². The van der Waals surface area contributed by atoms with Crippen molar-refractivity contribution in [3.05, 3.63) is 65.2 Å².